The van der Waals surface area contributed by atoms with Crippen LogP contribution < -0.4 is 0 Å². The number of aryl methyl sites for hydroxylation is 1. The summed E-state index contributed by atoms with van der Waals surface area (Å²) in [4.78, 5) is 17.8. The molecule has 0 saturated carbocycles. The molecule has 0 spiro atoms. The number of rotatable bonds is 5. The van der Waals surface area contributed by atoms with Crippen molar-refractivity contribution in [2.75, 3.05) is 12.3 Å². The van der Waals surface area contributed by atoms with Crippen molar-refractivity contribution in [1.82, 2.24) is 4.90 Å². The highest BCUT2D eigenvalue weighted by Gasteiger charge is 2.33. The van der Waals surface area contributed by atoms with E-state index in [1.807, 2.05) is 11.3 Å². The summed E-state index contributed by atoms with van der Waals surface area (Å²) >= 11 is 5.27. The molecule has 2 aromatic heterocycles. The van der Waals surface area contributed by atoms with Crippen LogP contribution in [-0.4, -0.2) is 23.1 Å². The lowest BCUT2D eigenvalue weighted by atomic mass is 9.98. The minimum Gasteiger partial charge on any atom is -0.330 e. The minimum absolute atomic E-state index is 0.0949. The lowest BCUT2D eigenvalue weighted by Gasteiger charge is -2.35. The molecular weight excluding hydrogens is 378 g/mol. The average Bonchev–Trinajstić information content (AvgIpc) is 3.34. The highest BCUT2D eigenvalue weighted by atomic mass is 32.2. The molecule has 1 aliphatic rings. The van der Waals surface area contributed by atoms with Crippen LogP contribution in [0.5, 0.6) is 0 Å². The second-order valence-electron chi connectivity index (χ2n) is 6.53. The number of hydrogen-bond acceptors (Lipinski definition) is 4. The maximum atomic E-state index is 13.0. The fraction of sp³-hybridized carbons (Fsp3) is 0.286. The number of fused-ring (bicyclic) bond motifs is 1. The van der Waals surface area contributed by atoms with Crippen molar-refractivity contribution in [2.45, 2.75) is 25.1 Å². The van der Waals surface area contributed by atoms with Crippen LogP contribution in [0.2, 0.25) is 0 Å². The number of carbonyl (C=O) groups is 1. The molecule has 26 heavy (non-hydrogen) atoms. The Labute approximate surface area is 166 Å². The number of nitrogens with zero attached hydrogens (tertiary/aromatic N) is 1. The highest BCUT2D eigenvalue weighted by Crippen LogP contribution is 2.39. The largest absolute Gasteiger partial charge is 0.330 e. The van der Waals surface area contributed by atoms with Crippen LogP contribution in [0.25, 0.3) is 0 Å². The van der Waals surface area contributed by atoms with Crippen molar-refractivity contribution in [3.05, 3.63) is 79.7 Å². The Kier molecular flexibility index (Phi) is 5.48. The van der Waals surface area contributed by atoms with Crippen molar-refractivity contribution in [1.29, 1.82) is 0 Å². The SMILES string of the molecule is Cc1ccc(CSCC(=O)N2CCc3sccc3C2c2cccs2)cc1. The van der Waals surface area contributed by atoms with E-state index >= 15 is 0 Å². The maximum absolute atomic E-state index is 13.0. The number of thiophene rings is 2. The summed E-state index contributed by atoms with van der Waals surface area (Å²) in [6.07, 6.45) is 0.975. The second-order valence-corrected chi connectivity index (χ2v) is 9.50. The molecule has 0 aliphatic carbocycles. The average molecular weight is 400 g/mol. The first-order valence-electron chi connectivity index (χ1n) is 8.75. The van der Waals surface area contributed by atoms with Gasteiger partial charge in [-0.25, -0.2) is 0 Å². The Morgan fingerprint density at radius 2 is 2.00 bits per heavy atom. The third kappa shape index (κ3) is 3.75. The zero-order chi connectivity index (χ0) is 17.9. The van der Waals surface area contributed by atoms with Crippen molar-refractivity contribution in [2.24, 2.45) is 0 Å². The van der Waals surface area contributed by atoms with E-state index in [1.165, 1.54) is 26.4 Å². The van der Waals surface area contributed by atoms with Gasteiger partial charge in [0.05, 0.1) is 11.8 Å². The van der Waals surface area contributed by atoms with Crippen LogP contribution >= 0.6 is 34.4 Å². The van der Waals surface area contributed by atoms with Gasteiger partial charge in [-0.3, -0.25) is 4.79 Å². The van der Waals surface area contributed by atoms with Gasteiger partial charge in [0.1, 0.15) is 0 Å². The lowest BCUT2D eigenvalue weighted by Crippen LogP contribution is -2.40. The molecule has 4 rings (SSSR count). The van der Waals surface area contributed by atoms with E-state index in [4.69, 9.17) is 0 Å². The number of thioether (sulfide) groups is 1. The van der Waals surface area contributed by atoms with Gasteiger partial charge in [0.15, 0.2) is 0 Å². The third-order valence-corrected chi connectivity index (χ3v) is 7.62. The van der Waals surface area contributed by atoms with Gasteiger partial charge in [0.25, 0.3) is 0 Å². The Morgan fingerprint density at radius 1 is 1.15 bits per heavy atom. The van der Waals surface area contributed by atoms with Crippen LogP contribution in [-0.2, 0) is 17.0 Å². The molecule has 3 aromatic rings. The first kappa shape index (κ1) is 17.8. The summed E-state index contributed by atoms with van der Waals surface area (Å²) in [5, 5.41) is 4.26. The molecule has 1 amide bonds. The molecule has 134 valence electrons. The van der Waals surface area contributed by atoms with E-state index in [-0.39, 0.29) is 11.9 Å². The number of carbonyl (C=O) groups excluding carboxylic acids is 1. The van der Waals surface area contributed by atoms with Crippen LogP contribution in [0, 0.1) is 6.92 Å². The van der Waals surface area contributed by atoms with Gasteiger partial charge in [-0.2, -0.15) is 0 Å². The predicted molar refractivity (Wildman–Crippen MR) is 113 cm³/mol. The molecule has 5 heteroatoms. The van der Waals surface area contributed by atoms with Crippen LogP contribution in [0.15, 0.2) is 53.2 Å². The molecule has 0 N–H and O–H groups in total. The summed E-state index contributed by atoms with van der Waals surface area (Å²) in [7, 11) is 0. The van der Waals surface area contributed by atoms with Crippen LogP contribution in [0.4, 0.5) is 0 Å². The second kappa shape index (κ2) is 7.99. The first-order chi connectivity index (χ1) is 12.7. The fourth-order valence-electron chi connectivity index (χ4n) is 3.36. The molecular formula is C21H21NOS3. The van der Waals surface area contributed by atoms with Crippen LogP contribution in [0.3, 0.4) is 0 Å². The quantitative estimate of drug-likeness (QED) is 0.562. The number of benzene rings is 1. The number of hydrogen-bond donors (Lipinski definition) is 0. The summed E-state index contributed by atoms with van der Waals surface area (Å²) in [6, 6.07) is 15.1. The van der Waals surface area contributed by atoms with E-state index in [1.54, 1.807) is 23.1 Å². The third-order valence-electron chi connectivity index (χ3n) is 4.71. The Balaban J connectivity index is 1.45. The van der Waals surface area contributed by atoms with Crippen molar-refractivity contribution >= 4 is 40.3 Å². The van der Waals surface area contributed by atoms with E-state index in [2.05, 4.69) is 65.0 Å². The van der Waals surface area contributed by atoms with E-state index in [0.717, 1.165) is 18.7 Å². The Bertz CT molecular complexity index is 867. The predicted octanol–water partition coefficient (Wildman–Crippen LogP) is 5.53. The normalized spacial score (nSPS) is 16.5. The molecule has 1 unspecified atom stereocenters. The molecule has 1 aliphatic heterocycles. The molecule has 3 heterocycles. The van der Waals surface area contributed by atoms with Crippen molar-refractivity contribution in [3.63, 3.8) is 0 Å². The minimum atomic E-state index is 0.0949. The zero-order valence-electron chi connectivity index (χ0n) is 14.7. The topological polar surface area (TPSA) is 20.3 Å². The summed E-state index contributed by atoms with van der Waals surface area (Å²) in [5.74, 6) is 1.67. The lowest BCUT2D eigenvalue weighted by molar-refractivity contribution is -0.130. The van der Waals surface area contributed by atoms with Crippen molar-refractivity contribution in [3.8, 4) is 0 Å². The summed E-state index contributed by atoms with van der Waals surface area (Å²) in [6.45, 7) is 2.92. The molecule has 0 saturated heterocycles. The molecule has 0 bridgehead atoms. The molecule has 1 atom stereocenters. The maximum Gasteiger partial charge on any atom is 0.233 e. The fourth-order valence-corrected chi connectivity index (χ4v) is 5.99. The molecule has 2 nitrogen and oxygen atoms in total. The summed E-state index contributed by atoms with van der Waals surface area (Å²) < 4.78 is 0. The van der Waals surface area contributed by atoms with Gasteiger partial charge in [0, 0.05) is 22.1 Å². The van der Waals surface area contributed by atoms with Gasteiger partial charge in [-0.15, -0.1) is 34.4 Å². The standard InChI is InChI=1S/C21H21NOS3/c1-15-4-6-16(7-5-15)13-24-14-20(23)22-10-8-18-17(9-12-26-18)21(22)19-3-2-11-25-19/h2-7,9,11-12,21H,8,10,13-14H2,1H3. The van der Waals surface area contributed by atoms with E-state index < -0.39 is 0 Å². The van der Waals surface area contributed by atoms with Gasteiger partial charge in [-0.05, 0) is 47.4 Å². The van der Waals surface area contributed by atoms with Gasteiger partial charge < -0.3 is 4.90 Å². The van der Waals surface area contributed by atoms with Crippen molar-refractivity contribution < 1.29 is 4.79 Å². The van der Waals surface area contributed by atoms with E-state index in [0.29, 0.717) is 5.75 Å². The number of amides is 1. The Hall–Kier alpha value is -1.56. The highest BCUT2D eigenvalue weighted by molar-refractivity contribution is 7.99. The molecule has 0 radical (unpaired) electrons. The molecule has 1 aromatic carbocycles. The van der Waals surface area contributed by atoms with Gasteiger partial charge >= 0.3 is 0 Å². The smallest absolute Gasteiger partial charge is 0.233 e. The first-order valence-corrected chi connectivity index (χ1v) is 11.7. The van der Waals surface area contributed by atoms with Crippen LogP contribution in [0.1, 0.15) is 32.5 Å². The van der Waals surface area contributed by atoms with Gasteiger partial charge in [0.2, 0.25) is 5.91 Å². The van der Waals surface area contributed by atoms with E-state index in [9.17, 15) is 4.79 Å². The van der Waals surface area contributed by atoms with Gasteiger partial charge in [-0.1, -0.05) is 35.9 Å². The zero-order valence-corrected chi connectivity index (χ0v) is 17.1. The molecule has 0 fully saturated rings. The monoisotopic (exact) mass is 399 g/mol. The summed E-state index contributed by atoms with van der Waals surface area (Å²) in [5.41, 5.74) is 3.87. The Morgan fingerprint density at radius 3 is 2.77 bits per heavy atom.